The molecule has 0 aliphatic rings. The predicted octanol–water partition coefficient (Wildman–Crippen LogP) is 3.73. The number of amides is 2. The SMILES string of the molecule is Nc1ccc(NC(=O)NCOc2ccc(Cl)cc2)c(Cl)c1. The lowest BCUT2D eigenvalue weighted by Crippen LogP contribution is -2.32. The van der Waals surface area contributed by atoms with E-state index in [2.05, 4.69) is 10.6 Å². The lowest BCUT2D eigenvalue weighted by molar-refractivity contribution is 0.234. The van der Waals surface area contributed by atoms with Crippen LogP contribution in [0.2, 0.25) is 10.0 Å². The molecule has 21 heavy (non-hydrogen) atoms. The molecule has 0 unspecified atom stereocenters. The zero-order valence-corrected chi connectivity index (χ0v) is 12.4. The Morgan fingerprint density at radius 3 is 2.52 bits per heavy atom. The Labute approximate surface area is 132 Å². The molecule has 0 saturated heterocycles. The summed E-state index contributed by atoms with van der Waals surface area (Å²) in [5.41, 5.74) is 6.56. The van der Waals surface area contributed by atoms with Gasteiger partial charge in [0, 0.05) is 10.7 Å². The van der Waals surface area contributed by atoms with Crippen LogP contribution in [0.1, 0.15) is 0 Å². The van der Waals surface area contributed by atoms with E-state index in [9.17, 15) is 4.79 Å². The highest BCUT2D eigenvalue weighted by molar-refractivity contribution is 6.34. The molecule has 0 radical (unpaired) electrons. The normalized spacial score (nSPS) is 10.0. The Morgan fingerprint density at radius 1 is 1.14 bits per heavy atom. The van der Waals surface area contributed by atoms with Crippen LogP contribution in [-0.4, -0.2) is 12.8 Å². The van der Waals surface area contributed by atoms with Crippen LogP contribution in [-0.2, 0) is 0 Å². The van der Waals surface area contributed by atoms with Crippen molar-refractivity contribution in [3.63, 3.8) is 0 Å². The Hall–Kier alpha value is -2.11. The number of urea groups is 1. The van der Waals surface area contributed by atoms with Gasteiger partial charge in [-0.3, -0.25) is 0 Å². The molecule has 7 heteroatoms. The topological polar surface area (TPSA) is 76.4 Å². The lowest BCUT2D eigenvalue weighted by Gasteiger charge is -2.10. The first kappa shape index (κ1) is 15.3. The van der Waals surface area contributed by atoms with Gasteiger partial charge in [-0.1, -0.05) is 23.2 Å². The van der Waals surface area contributed by atoms with Crippen LogP contribution in [0.15, 0.2) is 42.5 Å². The maximum absolute atomic E-state index is 11.7. The highest BCUT2D eigenvalue weighted by atomic mass is 35.5. The first-order valence-electron chi connectivity index (χ1n) is 6.03. The van der Waals surface area contributed by atoms with E-state index in [1.165, 1.54) is 0 Å². The average Bonchev–Trinajstić information content (AvgIpc) is 2.44. The fraction of sp³-hybridized carbons (Fsp3) is 0.0714. The van der Waals surface area contributed by atoms with Crippen molar-refractivity contribution in [2.45, 2.75) is 0 Å². The zero-order chi connectivity index (χ0) is 15.2. The molecule has 5 nitrogen and oxygen atoms in total. The number of anilines is 2. The van der Waals surface area contributed by atoms with Gasteiger partial charge in [0.1, 0.15) is 5.75 Å². The molecule has 0 bridgehead atoms. The third-order valence-corrected chi connectivity index (χ3v) is 3.09. The number of nitrogens with one attached hydrogen (secondary N) is 2. The summed E-state index contributed by atoms with van der Waals surface area (Å²) in [5.74, 6) is 0.602. The van der Waals surface area contributed by atoms with Gasteiger partial charge in [-0.2, -0.15) is 0 Å². The van der Waals surface area contributed by atoms with Gasteiger partial charge in [0.05, 0.1) is 10.7 Å². The smallest absolute Gasteiger partial charge is 0.321 e. The van der Waals surface area contributed by atoms with Crippen molar-refractivity contribution in [2.75, 3.05) is 17.8 Å². The molecule has 0 fully saturated rings. The van der Waals surface area contributed by atoms with Gasteiger partial charge in [0.2, 0.25) is 0 Å². The van der Waals surface area contributed by atoms with E-state index in [0.29, 0.717) is 27.2 Å². The summed E-state index contributed by atoms with van der Waals surface area (Å²) in [4.78, 5) is 11.7. The van der Waals surface area contributed by atoms with Gasteiger partial charge in [-0.05, 0) is 42.5 Å². The summed E-state index contributed by atoms with van der Waals surface area (Å²) in [6.45, 7) is 0.0139. The number of hydrogen-bond acceptors (Lipinski definition) is 3. The van der Waals surface area contributed by atoms with Gasteiger partial charge >= 0.3 is 6.03 Å². The molecule has 0 atom stereocenters. The standard InChI is InChI=1S/C14H13Cl2N3O2/c15-9-1-4-11(5-2-9)21-8-18-14(20)19-13-6-3-10(17)7-12(13)16/h1-7H,8,17H2,(H2,18,19,20). The van der Waals surface area contributed by atoms with Crippen LogP contribution in [0.3, 0.4) is 0 Å². The predicted molar refractivity (Wildman–Crippen MR) is 85.0 cm³/mol. The number of nitrogens with two attached hydrogens (primary N) is 1. The largest absolute Gasteiger partial charge is 0.473 e. The third-order valence-electron chi connectivity index (χ3n) is 2.53. The van der Waals surface area contributed by atoms with Gasteiger partial charge in [-0.15, -0.1) is 0 Å². The highest BCUT2D eigenvalue weighted by Crippen LogP contribution is 2.23. The van der Waals surface area contributed by atoms with Crippen molar-refractivity contribution in [3.8, 4) is 5.75 Å². The summed E-state index contributed by atoms with van der Waals surface area (Å²) in [6.07, 6.45) is 0. The summed E-state index contributed by atoms with van der Waals surface area (Å²) in [6, 6.07) is 11.2. The maximum Gasteiger partial charge on any atom is 0.321 e. The van der Waals surface area contributed by atoms with E-state index < -0.39 is 6.03 Å². The minimum absolute atomic E-state index is 0.0139. The quantitative estimate of drug-likeness (QED) is 0.592. The van der Waals surface area contributed by atoms with Crippen molar-refractivity contribution in [1.82, 2.24) is 5.32 Å². The number of carbonyl (C=O) groups excluding carboxylic acids is 1. The van der Waals surface area contributed by atoms with E-state index in [1.54, 1.807) is 42.5 Å². The van der Waals surface area contributed by atoms with Crippen LogP contribution in [0.4, 0.5) is 16.2 Å². The van der Waals surface area contributed by atoms with Gasteiger partial charge in [0.15, 0.2) is 6.73 Å². The summed E-state index contributed by atoms with van der Waals surface area (Å²) < 4.78 is 5.34. The van der Waals surface area contributed by atoms with Crippen molar-refractivity contribution < 1.29 is 9.53 Å². The van der Waals surface area contributed by atoms with Crippen molar-refractivity contribution >= 4 is 40.6 Å². The molecule has 2 aromatic rings. The van der Waals surface area contributed by atoms with Crippen LogP contribution in [0, 0.1) is 0 Å². The van der Waals surface area contributed by atoms with Gasteiger partial charge in [-0.25, -0.2) is 4.79 Å². The highest BCUT2D eigenvalue weighted by Gasteiger charge is 2.05. The van der Waals surface area contributed by atoms with E-state index >= 15 is 0 Å². The molecule has 110 valence electrons. The minimum atomic E-state index is -0.435. The summed E-state index contributed by atoms with van der Waals surface area (Å²) in [7, 11) is 0. The monoisotopic (exact) mass is 325 g/mol. The molecule has 4 N–H and O–H groups in total. The molecule has 0 saturated carbocycles. The fourth-order valence-corrected chi connectivity index (χ4v) is 1.88. The molecular weight excluding hydrogens is 313 g/mol. The molecule has 2 rings (SSSR count). The average molecular weight is 326 g/mol. The van der Waals surface area contributed by atoms with Crippen LogP contribution < -0.4 is 21.1 Å². The molecule has 0 aliphatic heterocycles. The number of ether oxygens (including phenoxy) is 1. The first-order chi connectivity index (χ1) is 10.0. The van der Waals surface area contributed by atoms with Crippen LogP contribution in [0.5, 0.6) is 5.75 Å². The molecule has 0 spiro atoms. The number of halogens is 2. The Balaban J connectivity index is 1.81. The third kappa shape index (κ3) is 4.73. The van der Waals surface area contributed by atoms with Crippen molar-refractivity contribution in [1.29, 1.82) is 0 Å². The van der Waals surface area contributed by atoms with Gasteiger partial charge < -0.3 is 21.1 Å². The number of benzene rings is 2. The Kier molecular flexibility index (Phi) is 5.14. The van der Waals surface area contributed by atoms with Crippen molar-refractivity contribution in [3.05, 3.63) is 52.5 Å². The number of carbonyl (C=O) groups is 1. The number of nitrogen functional groups attached to an aromatic ring is 1. The molecule has 2 amide bonds. The summed E-state index contributed by atoms with van der Waals surface area (Å²) in [5, 5.41) is 6.12. The van der Waals surface area contributed by atoms with Crippen LogP contribution in [0.25, 0.3) is 0 Å². The number of hydrogen-bond donors (Lipinski definition) is 3. The second kappa shape index (κ2) is 7.06. The lowest BCUT2D eigenvalue weighted by atomic mass is 10.3. The molecule has 0 heterocycles. The van der Waals surface area contributed by atoms with E-state index in [0.717, 1.165) is 0 Å². The molecule has 2 aromatic carbocycles. The molecule has 0 aliphatic carbocycles. The second-order valence-corrected chi connectivity index (χ2v) is 4.96. The zero-order valence-electron chi connectivity index (χ0n) is 10.9. The van der Waals surface area contributed by atoms with E-state index in [4.69, 9.17) is 33.7 Å². The fourth-order valence-electron chi connectivity index (χ4n) is 1.52. The summed E-state index contributed by atoms with van der Waals surface area (Å²) >= 11 is 11.7. The molecular formula is C14H13Cl2N3O2. The number of rotatable bonds is 4. The second-order valence-electron chi connectivity index (χ2n) is 4.11. The van der Waals surface area contributed by atoms with Gasteiger partial charge in [0.25, 0.3) is 0 Å². The Morgan fingerprint density at radius 2 is 1.86 bits per heavy atom. The Bertz CT molecular complexity index is 633. The first-order valence-corrected chi connectivity index (χ1v) is 6.78. The van der Waals surface area contributed by atoms with E-state index in [-0.39, 0.29) is 6.73 Å². The maximum atomic E-state index is 11.7. The van der Waals surface area contributed by atoms with Crippen molar-refractivity contribution in [2.24, 2.45) is 0 Å². The van der Waals surface area contributed by atoms with Crippen LogP contribution >= 0.6 is 23.2 Å². The molecule has 0 aromatic heterocycles. The van der Waals surface area contributed by atoms with E-state index in [1.807, 2.05) is 0 Å². The minimum Gasteiger partial charge on any atom is -0.473 e.